The molecular weight excluding hydrogens is 222 g/mol. The number of hydrogen-bond donors (Lipinski definition) is 1. The quantitative estimate of drug-likeness (QED) is 0.866. The van der Waals surface area contributed by atoms with E-state index in [-0.39, 0.29) is 5.41 Å². The maximum Gasteiger partial charge on any atom is 0.0720 e. The van der Waals surface area contributed by atoms with E-state index in [0.717, 1.165) is 25.7 Å². The Kier molecular flexibility index (Phi) is 3.76. The summed E-state index contributed by atoms with van der Waals surface area (Å²) in [6, 6.07) is 4.04. The van der Waals surface area contributed by atoms with Crippen LogP contribution in [0.3, 0.4) is 0 Å². The number of rotatable bonds is 2. The zero-order chi connectivity index (χ0) is 13.2. The van der Waals surface area contributed by atoms with Crippen LogP contribution in [0.15, 0.2) is 24.5 Å². The lowest BCUT2D eigenvalue weighted by Crippen LogP contribution is -2.48. The highest BCUT2D eigenvalue weighted by atomic mass is 16.3. The summed E-state index contributed by atoms with van der Waals surface area (Å²) in [4.78, 5) is 4.05. The molecule has 0 radical (unpaired) electrons. The van der Waals surface area contributed by atoms with Gasteiger partial charge in [0.1, 0.15) is 0 Å². The molecule has 1 aliphatic carbocycles. The normalized spacial score (nSPS) is 29.2. The van der Waals surface area contributed by atoms with Crippen molar-refractivity contribution < 1.29 is 5.11 Å². The average molecular weight is 247 g/mol. The summed E-state index contributed by atoms with van der Waals surface area (Å²) in [6.45, 7) is 6.75. The molecule has 0 saturated heterocycles. The lowest BCUT2D eigenvalue weighted by molar-refractivity contribution is -0.0889. The third-order valence-corrected chi connectivity index (χ3v) is 4.31. The molecule has 0 bridgehead atoms. The van der Waals surface area contributed by atoms with Crippen LogP contribution in [0, 0.1) is 11.3 Å². The van der Waals surface area contributed by atoms with Gasteiger partial charge in [-0.1, -0.05) is 33.6 Å². The van der Waals surface area contributed by atoms with Gasteiger partial charge in [0.2, 0.25) is 0 Å². The van der Waals surface area contributed by atoms with Crippen molar-refractivity contribution in [3.05, 3.63) is 30.1 Å². The Morgan fingerprint density at radius 3 is 2.56 bits per heavy atom. The Hall–Kier alpha value is -0.890. The zero-order valence-electron chi connectivity index (χ0n) is 11.8. The van der Waals surface area contributed by atoms with Crippen molar-refractivity contribution in [2.45, 2.75) is 58.5 Å². The van der Waals surface area contributed by atoms with Gasteiger partial charge in [-0.2, -0.15) is 0 Å². The van der Waals surface area contributed by atoms with E-state index in [1.165, 1.54) is 12.0 Å². The van der Waals surface area contributed by atoms with Crippen molar-refractivity contribution in [1.82, 2.24) is 4.98 Å². The first kappa shape index (κ1) is 13.5. The molecule has 2 heteroatoms. The molecule has 1 aromatic rings. The molecule has 2 rings (SSSR count). The summed E-state index contributed by atoms with van der Waals surface area (Å²) >= 11 is 0. The van der Waals surface area contributed by atoms with Gasteiger partial charge in [0.05, 0.1) is 5.60 Å². The minimum Gasteiger partial charge on any atom is -0.389 e. The molecule has 2 atom stereocenters. The number of pyridine rings is 1. The Morgan fingerprint density at radius 2 is 1.94 bits per heavy atom. The smallest absolute Gasteiger partial charge is 0.0720 e. The van der Waals surface area contributed by atoms with E-state index in [4.69, 9.17) is 0 Å². The van der Waals surface area contributed by atoms with Crippen molar-refractivity contribution in [1.29, 1.82) is 0 Å². The number of nitrogens with zero attached hydrogens (tertiary/aromatic N) is 1. The minimum atomic E-state index is -0.544. The molecule has 1 heterocycles. The highest BCUT2D eigenvalue weighted by molar-refractivity contribution is 5.15. The van der Waals surface area contributed by atoms with Crippen LogP contribution in [0.5, 0.6) is 0 Å². The Balaban J connectivity index is 2.21. The van der Waals surface area contributed by atoms with Crippen molar-refractivity contribution in [3.63, 3.8) is 0 Å². The van der Waals surface area contributed by atoms with E-state index < -0.39 is 5.60 Å². The first-order chi connectivity index (χ1) is 8.42. The summed E-state index contributed by atoms with van der Waals surface area (Å²) in [6.07, 6.45) is 8.86. The predicted molar refractivity (Wildman–Crippen MR) is 74.3 cm³/mol. The van der Waals surface area contributed by atoms with Crippen LogP contribution in [-0.4, -0.2) is 15.7 Å². The summed E-state index contributed by atoms with van der Waals surface area (Å²) in [5.74, 6) is 0.381. The van der Waals surface area contributed by atoms with Gasteiger partial charge in [0, 0.05) is 18.8 Å². The van der Waals surface area contributed by atoms with Crippen molar-refractivity contribution in [3.8, 4) is 0 Å². The molecule has 0 aliphatic heterocycles. The SMILES string of the molecule is CC(C)(C)C1CCCCC1(O)Cc1ccncc1. The largest absolute Gasteiger partial charge is 0.389 e. The van der Waals surface area contributed by atoms with Crippen LogP contribution in [0.4, 0.5) is 0 Å². The van der Waals surface area contributed by atoms with Crippen molar-refractivity contribution in [2.24, 2.45) is 11.3 Å². The lowest BCUT2D eigenvalue weighted by Gasteiger charge is -2.47. The van der Waals surface area contributed by atoms with Crippen LogP contribution in [0.2, 0.25) is 0 Å². The Bertz CT molecular complexity index is 382. The summed E-state index contributed by atoms with van der Waals surface area (Å²) < 4.78 is 0. The van der Waals surface area contributed by atoms with Gasteiger partial charge >= 0.3 is 0 Å². The predicted octanol–water partition coefficient (Wildman–Crippen LogP) is 3.59. The fraction of sp³-hybridized carbons (Fsp3) is 0.688. The fourth-order valence-corrected chi connectivity index (χ4v) is 3.53. The second-order valence-electron chi connectivity index (χ2n) is 6.80. The average Bonchev–Trinajstić information content (AvgIpc) is 2.28. The first-order valence-electron chi connectivity index (χ1n) is 7.03. The molecular formula is C16H25NO. The van der Waals surface area contributed by atoms with Crippen LogP contribution in [0.1, 0.15) is 52.0 Å². The molecule has 0 amide bonds. The van der Waals surface area contributed by atoms with E-state index in [0.29, 0.717) is 5.92 Å². The molecule has 1 saturated carbocycles. The van der Waals surface area contributed by atoms with Gasteiger partial charge in [-0.25, -0.2) is 0 Å². The standard InChI is InChI=1S/C16H25NO/c1-15(2,3)14-6-4-5-9-16(14,18)12-13-7-10-17-11-8-13/h7-8,10-11,14,18H,4-6,9,12H2,1-3H3. The van der Waals surface area contributed by atoms with E-state index >= 15 is 0 Å². The van der Waals surface area contributed by atoms with Gasteiger partial charge < -0.3 is 5.11 Å². The molecule has 1 aromatic heterocycles. The lowest BCUT2D eigenvalue weighted by atomic mass is 9.62. The number of aromatic nitrogens is 1. The van der Waals surface area contributed by atoms with Gasteiger partial charge in [-0.3, -0.25) is 4.98 Å². The third-order valence-electron chi connectivity index (χ3n) is 4.31. The minimum absolute atomic E-state index is 0.169. The maximum absolute atomic E-state index is 11.1. The second kappa shape index (κ2) is 5.00. The maximum atomic E-state index is 11.1. The molecule has 18 heavy (non-hydrogen) atoms. The highest BCUT2D eigenvalue weighted by Crippen LogP contribution is 2.45. The van der Waals surface area contributed by atoms with Gasteiger partial charge in [-0.05, 0) is 41.9 Å². The molecule has 1 fully saturated rings. The second-order valence-corrected chi connectivity index (χ2v) is 6.80. The molecule has 100 valence electrons. The zero-order valence-corrected chi connectivity index (χ0v) is 11.8. The molecule has 1 aliphatic rings. The van der Waals surface area contributed by atoms with Crippen LogP contribution < -0.4 is 0 Å². The molecule has 1 N–H and O–H groups in total. The number of aliphatic hydroxyl groups is 1. The Morgan fingerprint density at radius 1 is 1.28 bits per heavy atom. The van der Waals surface area contributed by atoms with E-state index in [9.17, 15) is 5.11 Å². The van der Waals surface area contributed by atoms with Crippen LogP contribution >= 0.6 is 0 Å². The van der Waals surface area contributed by atoms with Gasteiger partial charge in [0.25, 0.3) is 0 Å². The van der Waals surface area contributed by atoms with E-state index in [1.807, 2.05) is 24.5 Å². The first-order valence-corrected chi connectivity index (χ1v) is 7.03. The highest BCUT2D eigenvalue weighted by Gasteiger charge is 2.44. The van der Waals surface area contributed by atoms with Crippen LogP contribution in [0.25, 0.3) is 0 Å². The van der Waals surface area contributed by atoms with Gasteiger partial charge in [0.15, 0.2) is 0 Å². The topological polar surface area (TPSA) is 33.1 Å². The monoisotopic (exact) mass is 247 g/mol. The molecule has 2 unspecified atom stereocenters. The van der Waals surface area contributed by atoms with E-state index in [1.54, 1.807) is 0 Å². The number of hydrogen-bond acceptors (Lipinski definition) is 2. The summed E-state index contributed by atoms with van der Waals surface area (Å²) in [5.41, 5.74) is 0.823. The molecule has 0 spiro atoms. The van der Waals surface area contributed by atoms with E-state index in [2.05, 4.69) is 25.8 Å². The summed E-state index contributed by atoms with van der Waals surface area (Å²) in [7, 11) is 0. The van der Waals surface area contributed by atoms with Crippen LogP contribution in [-0.2, 0) is 6.42 Å². The summed E-state index contributed by atoms with van der Waals surface area (Å²) in [5, 5.41) is 11.1. The molecule has 0 aromatic carbocycles. The van der Waals surface area contributed by atoms with Gasteiger partial charge in [-0.15, -0.1) is 0 Å². The van der Waals surface area contributed by atoms with Crippen molar-refractivity contribution >= 4 is 0 Å². The fourth-order valence-electron chi connectivity index (χ4n) is 3.53. The third kappa shape index (κ3) is 2.92. The Labute approximate surface area is 110 Å². The van der Waals surface area contributed by atoms with Crippen molar-refractivity contribution in [2.75, 3.05) is 0 Å². The molecule has 2 nitrogen and oxygen atoms in total.